The molecule has 0 nitrogen and oxygen atoms in total. The maximum atomic E-state index is 13.7. The van der Waals surface area contributed by atoms with E-state index in [1.807, 2.05) is 24.4 Å². The normalized spacial score (nSPS) is 11.0. The second-order valence-corrected chi connectivity index (χ2v) is 4.61. The van der Waals surface area contributed by atoms with Gasteiger partial charge in [-0.2, -0.15) is 0 Å². The van der Waals surface area contributed by atoms with Gasteiger partial charge in [-0.05, 0) is 34.0 Å². The highest BCUT2D eigenvalue weighted by Crippen LogP contribution is 2.33. The second-order valence-electron chi connectivity index (χ2n) is 2.85. The predicted molar refractivity (Wildman–Crippen MR) is 58.9 cm³/mol. The van der Waals surface area contributed by atoms with Crippen LogP contribution in [0.3, 0.4) is 0 Å². The van der Waals surface area contributed by atoms with Crippen LogP contribution in [0, 0.1) is 5.82 Å². The van der Waals surface area contributed by atoms with Crippen molar-refractivity contribution in [3.8, 4) is 0 Å². The fourth-order valence-corrected chi connectivity index (χ4v) is 2.98. The van der Waals surface area contributed by atoms with Crippen LogP contribution in [0.1, 0.15) is 12.5 Å². The molecule has 0 saturated heterocycles. The lowest BCUT2D eigenvalue weighted by Gasteiger charge is -2.00. The molecule has 0 saturated carbocycles. The minimum Gasteiger partial charge on any atom is -0.206 e. The fraction of sp³-hybridized carbons (Fsp3) is 0.200. The van der Waals surface area contributed by atoms with Crippen LogP contribution in [0.2, 0.25) is 0 Å². The summed E-state index contributed by atoms with van der Waals surface area (Å²) < 4.78 is 15.6. The Kier molecular flexibility index (Phi) is 2.39. The van der Waals surface area contributed by atoms with Crippen LogP contribution in [0.15, 0.2) is 22.0 Å². The zero-order valence-corrected chi connectivity index (χ0v) is 9.51. The Morgan fingerprint density at radius 3 is 2.92 bits per heavy atom. The fourth-order valence-electron chi connectivity index (χ4n) is 1.37. The first kappa shape index (κ1) is 9.16. The number of halogens is 2. The molecule has 1 aromatic heterocycles. The molecule has 0 unspecified atom stereocenters. The predicted octanol–water partition coefficient (Wildman–Crippen LogP) is 4.37. The van der Waals surface area contributed by atoms with Crippen molar-refractivity contribution in [3.05, 3.63) is 33.4 Å². The van der Waals surface area contributed by atoms with Crippen molar-refractivity contribution in [3.63, 3.8) is 0 Å². The van der Waals surface area contributed by atoms with E-state index >= 15 is 0 Å². The quantitative estimate of drug-likeness (QED) is 0.713. The standard InChI is InChI=1S/C10H8BrFS/c1-2-6-3-4-8-9(10(6)12)7(11)5-13-8/h3-5H,2H2,1H3. The Morgan fingerprint density at radius 1 is 1.46 bits per heavy atom. The third kappa shape index (κ3) is 1.40. The van der Waals surface area contributed by atoms with Crippen molar-refractivity contribution in [1.29, 1.82) is 0 Å². The molecule has 0 atom stereocenters. The summed E-state index contributed by atoms with van der Waals surface area (Å²) in [4.78, 5) is 0. The third-order valence-electron chi connectivity index (χ3n) is 2.09. The Bertz CT molecular complexity index is 447. The van der Waals surface area contributed by atoms with Gasteiger partial charge in [-0.1, -0.05) is 13.0 Å². The molecular weight excluding hydrogens is 251 g/mol. The summed E-state index contributed by atoms with van der Waals surface area (Å²) in [5, 5.41) is 2.65. The van der Waals surface area contributed by atoms with Gasteiger partial charge in [0.25, 0.3) is 0 Å². The minimum absolute atomic E-state index is 0.0758. The van der Waals surface area contributed by atoms with Crippen molar-refractivity contribution in [2.24, 2.45) is 0 Å². The molecule has 3 heteroatoms. The van der Waals surface area contributed by atoms with E-state index in [1.54, 1.807) is 11.3 Å². The van der Waals surface area contributed by atoms with E-state index in [9.17, 15) is 4.39 Å². The largest absolute Gasteiger partial charge is 0.206 e. The van der Waals surface area contributed by atoms with Crippen LogP contribution in [-0.2, 0) is 6.42 Å². The molecule has 0 bridgehead atoms. The molecule has 2 aromatic rings. The second kappa shape index (κ2) is 3.39. The summed E-state index contributed by atoms with van der Waals surface area (Å²) in [6.45, 7) is 1.96. The van der Waals surface area contributed by atoms with E-state index in [0.717, 1.165) is 26.5 Å². The van der Waals surface area contributed by atoms with Gasteiger partial charge < -0.3 is 0 Å². The lowest BCUT2D eigenvalue weighted by molar-refractivity contribution is 0.624. The van der Waals surface area contributed by atoms with Crippen molar-refractivity contribution in [1.82, 2.24) is 0 Å². The van der Waals surface area contributed by atoms with Crippen LogP contribution in [0.4, 0.5) is 4.39 Å². The molecule has 0 aliphatic carbocycles. The SMILES string of the molecule is CCc1ccc2scc(Br)c2c1F. The van der Waals surface area contributed by atoms with E-state index in [4.69, 9.17) is 0 Å². The zero-order chi connectivity index (χ0) is 9.42. The van der Waals surface area contributed by atoms with Crippen molar-refractivity contribution >= 4 is 37.4 Å². The van der Waals surface area contributed by atoms with Gasteiger partial charge in [0.1, 0.15) is 5.82 Å². The summed E-state index contributed by atoms with van der Waals surface area (Å²) in [5.41, 5.74) is 0.784. The van der Waals surface area contributed by atoms with Crippen LogP contribution < -0.4 is 0 Å². The monoisotopic (exact) mass is 258 g/mol. The first-order chi connectivity index (χ1) is 6.24. The minimum atomic E-state index is -0.0758. The van der Waals surface area contributed by atoms with E-state index in [0.29, 0.717) is 0 Å². The molecule has 0 radical (unpaired) electrons. The average molecular weight is 259 g/mol. The van der Waals surface area contributed by atoms with Crippen LogP contribution in [0.5, 0.6) is 0 Å². The van der Waals surface area contributed by atoms with Gasteiger partial charge in [-0.25, -0.2) is 4.39 Å². The molecular formula is C10H8BrFS. The number of thiophene rings is 1. The van der Waals surface area contributed by atoms with Crippen molar-refractivity contribution in [2.75, 3.05) is 0 Å². The molecule has 68 valence electrons. The molecule has 1 heterocycles. The van der Waals surface area contributed by atoms with E-state index in [2.05, 4.69) is 15.9 Å². The lowest BCUT2D eigenvalue weighted by Crippen LogP contribution is -1.87. The number of fused-ring (bicyclic) bond motifs is 1. The Morgan fingerprint density at radius 2 is 2.23 bits per heavy atom. The number of hydrogen-bond acceptors (Lipinski definition) is 1. The first-order valence-corrected chi connectivity index (χ1v) is 5.75. The Labute approximate surface area is 88.5 Å². The van der Waals surface area contributed by atoms with Crippen molar-refractivity contribution in [2.45, 2.75) is 13.3 Å². The first-order valence-electron chi connectivity index (χ1n) is 4.08. The third-order valence-corrected chi connectivity index (χ3v) is 3.97. The Hall–Kier alpha value is -0.410. The molecule has 2 rings (SSSR count). The van der Waals surface area contributed by atoms with E-state index < -0.39 is 0 Å². The molecule has 0 aliphatic rings. The summed E-state index contributed by atoms with van der Waals surface area (Å²) in [6.07, 6.45) is 0.740. The molecule has 1 aromatic carbocycles. The van der Waals surface area contributed by atoms with E-state index in [-0.39, 0.29) is 5.82 Å². The van der Waals surface area contributed by atoms with Gasteiger partial charge in [0, 0.05) is 19.9 Å². The van der Waals surface area contributed by atoms with Crippen molar-refractivity contribution < 1.29 is 4.39 Å². The average Bonchev–Trinajstić information content (AvgIpc) is 2.49. The van der Waals surface area contributed by atoms with Gasteiger partial charge in [-0.15, -0.1) is 11.3 Å². The van der Waals surface area contributed by atoms with Gasteiger partial charge in [0.05, 0.1) is 0 Å². The number of aryl methyl sites for hydroxylation is 1. The molecule has 0 amide bonds. The Balaban J connectivity index is 2.83. The maximum absolute atomic E-state index is 13.7. The molecule has 0 N–H and O–H groups in total. The molecule has 0 spiro atoms. The molecule has 0 aliphatic heterocycles. The number of rotatable bonds is 1. The highest BCUT2D eigenvalue weighted by atomic mass is 79.9. The number of benzene rings is 1. The van der Waals surface area contributed by atoms with E-state index in [1.165, 1.54) is 0 Å². The maximum Gasteiger partial charge on any atom is 0.136 e. The summed E-state index contributed by atoms with van der Waals surface area (Å²) in [5.74, 6) is -0.0758. The van der Waals surface area contributed by atoms with Crippen LogP contribution in [-0.4, -0.2) is 0 Å². The van der Waals surface area contributed by atoms with Gasteiger partial charge in [0.15, 0.2) is 0 Å². The van der Waals surface area contributed by atoms with Crippen LogP contribution >= 0.6 is 27.3 Å². The van der Waals surface area contributed by atoms with Gasteiger partial charge in [-0.3, -0.25) is 0 Å². The summed E-state index contributed by atoms with van der Waals surface area (Å²) in [6, 6.07) is 3.84. The summed E-state index contributed by atoms with van der Waals surface area (Å²) in [7, 11) is 0. The van der Waals surface area contributed by atoms with Gasteiger partial charge >= 0.3 is 0 Å². The summed E-state index contributed by atoms with van der Waals surface area (Å²) >= 11 is 4.91. The zero-order valence-electron chi connectivity index (χ0n) is 7.10. The number of hydrogen-bond donors (Lipinski definition) is 0. The smallest absolute Gasteiger partial charge is 0.136 e. The molecule has 13 heavy (non-hydrogen) atoms. The molecule has 0 fully saturated rings. The van der Waals surface area contributed by atoms with Crippen LogP contribution in [0.25, 0.3) is 10.1 Å². The topological polar surface area (TPSA) is 0 Å². The van der Waals surface area contributed by atoms with Gasteiger partial charge in [0.2, 0.25) is 0 Å². The lowest BCUT2D eigenvalue weighted by atomic mass is 10.1. The highest BCUT2D eigenvalue weighted by Gasteiger charge is 2.10. The highest BCUT2D eigenvalue weighted by molar-refractivity contribution is 9.10.